The van der Waals surface area contributed by atoms with E-state index in [1.165, 1.54) is 0 Å². The minimum absolute atomic E-state index is 0.520. The minimum atomic E-state index is -1.23. The predicted octanol–water partition coefficient (Wildman–Crippen LogP) is 4.43. The summed E-state index contributed by atoms with van der Waals surface area (Å²) >= 11 is -1.75. The van der Waals surface area contributed by atoms with Crippen molar-refractivity contribution in [2.45, 2.75) is 36.5 Å². The van der Waals surface area contributed by atoms with Gasteiger partial charge in [0.2, 0.25) is 0 Å². The molecule has 0 aliphatic rings. The number of ether oxygens (including phenoxy) is 2. The van der Waals surface area contributed by atoms with Crippen LogP contribution in [0.5, 0.6) is 11.5 Å². The topological polar surface area (TPSA) is 64.6 Å². The van der Waals surface area contributed by atoms with Crippen molar-refractivity contribution in [1.82, 2.24) is 0 Å². The molecule has 0 N–H and O–H groups in total. The van der Waals surface area contributed by atoms with Gasteiger partial charge in [0.15, 0.2) is 9.79 Å². The Morgan fingerprint density at radius 3 is 1.54 bits per heavy atom. The summed E-state index contributed by atoms with van der Waals surface area (Å²) in [5, 5.41) is 0. The van der Waals surface area contributed by atoms with Crippen molar-refractivity contribution in [3.63, 3.8) is 0 Å². The number of benzene rings is 2. The second-order valence-corrected chi connectivity index (χ2v) is 8.65. The maximum Gasteiger partial charge on any atom is 0.162 e. The van der Waals surface area contributed by atoms with Crippen LogP contribution < -0.4 is 9.47 Å². The Labute approximate surface area is 163 Å². The fourth-order valence-electron chi connectivity index (χ4n) is 2.13. The van der Waals surface area contributed by atoms with E-state index in [-0.39, 0.29) is 0 Å². The maximum atomic E-state index is 12.4. The van der Waals surface area contributed by atoms with Gasteiger partial charge in [0.25, 0.3) is 0 Å². The van der Waals surface area contributed by atoms with Crippen LogP contribution in [-0.4, -0.2) is 34.8 Å². The van der Waals surface area contributed by atoms with Gasteiger partial charge in [-0.25, -0.2) is 0 Å². The lowest BCUT2D eigenvalue weighted by Crippen LogP contribution is -2.09. The Hall–Kier alpha value is -1.34. The lowest BCUT2D eigenvalue weighted by molar-refractivity contribution is 0.413. The molecule has 0 fully saturated rings. The molecule has 2 rings (SSSR count). The van der Waals surface area contributed by atoms with Crippen molar-refractivity contribution in [2.24, 2.45) is 0 Å². The second kappa shape index (κ2) is 12.9. The monoisotopic (exact) mass is 396 g/mol. The SMILES string of the molecule is CCC[S+]([O-])CCC.COc1cccc([S+]([O-])c2cccc(OC)c2)c1. The van der Waals surface area contributed by atoms with Crippen LogP contribution in [-0.2, 0) is 22.4 Å². The van der Waals surface area contributed by atoms with Crippen LogP contribution in [0.3, 0.4) is 0 Å². The fourth-order valence-corrected chi connectivity index (χ4v) is 4.36. The average molecular weight is 397 g/mol. The van der Waals surface area contributed by atoms with Gasteiger partial charge in [-0.3, -0.25) is 0 Å². The number of rotatable bonds is 8. The molecule has 0 aliphatic carbocycles. The molecule has 0 unspecified atom stereocenters. The number of hydrogen-bond donors (Lipinski definition) is 0. The Kier molecular flexibility index (Phi) is 11.3. The van der Waals surface area contributed by atoms with Crippen LogP contribution in [0.25, 0.3) is 0 Å². The standard InChI is InChI=1S/C14H14O3S.C6H14OS/c1-16-11-5-3-7-13(9-11)18(15)14-8-4-6-12(10-14)17-2;1-3-5-8(7)6-4-2/h3-10H,1-2H3;3-6H2,1-2H3. The summed E-state index contributed by atoms with van der Waals surface area (Å²) in [6.07, 6.45) is 2.10. The number of methoxy groups -OCH3 is 2. The van der Waals surface area contributed by atoms with Gasteiger partial charge < -0.3 is 18.6 Å². The van der Waals surface area contributed by atoms with Gasteiger partial charge in [-0.05, 0) is 37.1 Å². The van der Waals surface area contributed by atoms with Crippen molar-refractivity contribution in [1.29, 1.82) is 0 Å². The summed E-state index contributed by atoms with van der Waals surface area (Å²) in [5.41, 5.74) is 0. The van der Waals surface area contributed by atoms with Gasteiger partial charge in [-0.15, -0.1) is 0 Å². The van der Waals surface area contributed by atoms with Crippen molar-refractivity contribution in [3.05, 3.63) is 48.5 Å². The Morgan fingerprint density at radius 2 is 1.19 bits per heavy atom. The third kappa shape index (κ3) is 7.91. The van der Waals surface area contributed by atoms with Crippen LogP contribution in [0.4, 0.5) is 0 Å². The van der Waals surface area contributed by atoms with E-state index in [9.17, 15) is 9.11 Å². The zero-order valence-electron chi connectivity index (χ0n) is 15.9. The first-order chi connectivity index (χ1) is 12.5. The first kappa shape index (κ1) is 22.7. The van der Waals surface area contributed by atoms with Gasteiger partial charge in [-0.2, -0.15) is 0 Å². The quantitative estimate of drug-likeness (QED) is 0.619. The molecule has 0 bridgehead atoms. The lowest BCUT2D eigenvalue weighted by atomic mass is 10.3. The lowest BCUT2D eigenvalue weighted by Gasteiger charge is -2.11. The van der Waals surface area contributed by atoms with Crippen LogP contribution in [0.15, 0.2) is 58.3 Å². The Morgan fingerprint density at radius 1 is 0.769 bits per heavy atom. The molecule has 4 nitrogen and oxygen atoms in total. The molecule has 0 heterocycles. The molecule has 0 saturated carbocycles. The summed E-state index contributed by atoms with van der Waals surface area (Å²) in [7, 11) is 3.18. The molecule has 0 aliphatic heterocycles. The summed E-state index contributed by atoms with van der Waals surface area (Å²) < 4.78 is 33.4. The maximum absolute atomic E-state index is 12.4. The highest BCUT2D eigenvalue weighted by molar-refractivity contribution is 7.91. The third-order valence-electron chi connectivity index (χ3n) is 3.37. The van der Waals surface area contributed by atoms with Crippen LogP contribution in [0.1, 0.15) is 26.7 Å². The summed E-state index contributed by atoms with van der Waals surface area (Å²) in [4.78, 5) is 1.42. The molecule has 0 spiro atoms. The minimum Gasteiger partial charge on any atom is -0.616 e. The molecular weight excluding hydrogens is 368 g/mol. The molecule has 2 aromatic rings. The molecule has 144 valence electrons. The second-order valence-electron chi connectivity index (χ2n) is 5.47. The van der Waals surface area contributed by atoms with Gasteiger partial charge >= 0.3 is 0 Å². The van der Waals surface area contributed by atoms with E-state index in [4.69, 9.17) is 9.47 Å². The molecule has 0 aromatic heterocycles. The van der Waals surface area contributed by atoms with E-state index in [1.54, 1.807) is 26.4 Å². The first-order valence-electron chi connectivity index (χ1n) is 8.60. The summed E-state index contributed by atoms with van der Waals surface area (Å²) in [6.45, 7) is 4.13. The van der Waals surface area contributed by atoms with Crippen LogP contribution in [0, 0.1) is 0 Å². The average Bonchev–Trinajstić information content (AvgIpc) is 2.68. The smallest absolute Gasteiger partial charge is 0.162 e. The van der Waals surface area contributed by atoms with Crippen molar-refractivity contribution >= 4 is 22.4 Å². The van der Waals surface area contributed by atoms with Crippen LogP contribution in [0.2, 0.25) is 0 Å². The van der Waals surface area contributed by atoms with Gasteiger partial charge in [0.1, 0.15) is 23.0 Å². The van der Waals surface area contributed by atoms with Crippen LogP contribution >= 0.6 is 0 Å². The van der Waals surface area contributed by atoms with E-state index >= 15 is 0 Å². The first-order valence-corrected chi connectivity index (χ1v) is 11.2. The Bertz CT molecular complexity index is 583. The number of hydrogen-bond acceptors (Lipinski definition) is 4. The molecule has 0 saturated heterocycles. The largest absolute Gasteiger partial charge is 0.616 e. The van der Waals surface area contributed by atoms with Crippen molar-refractivity contribution in [3.8, 4) is 11.5 Å². The molecular formula is C20H28O4S2. The summed E-state index contributed by atoms with van der Waals surface area (Å²) in [5.74, 6) is 3.16. The van der Waals surface area contributed by atoms with E-state index in [1.807, 2.05) is 36.4 Å². The molecule has 26 heavy (non-hydrogen) atoms. The summed E-state index contributed by atoms with van der Waals surface area (Å²) in [6, 6.07) is 14.5. The molecule has 2 aromatic carbocycles. The Balaban J connectivity index is 0.000000359. The fraction of sp³-hybridized carbons (Fsp3) is 0.400. The van der Waals surface area contributed by atoms with E-state index in [2.05, 4.69) is 13.8 Å². The van der Waals surface area contributed by atoms with E-state index in [0.29, 0.717) is 21.3 Å². The van der Waals surface area contributed by atoms with Gasteiger partial charge in [0.05, 0.1) is 14.2 Å². The molecule has 0 atom stereocenters. The normalized spacial score (nSPS) is 10.5. The molecule has 0 radical (unpaired) electrons. The van der Waals surface area contributed by atoms with E-state index in [0.717, 1.165) is 24.3 Å². The zero-order valence-corrected chi connectivity index (χ0v) is 17.5. The predicted molar refractivity (Wildman–Crippen MR) is 109 cm³/mol. The third-order valence-corrected chi connectivity index (χ3v) is 6.47. The molecule has 0 amide bonds. The van der Waals surface area contributed by atoms with Crippen molar-refractivity contribution in [2.75, 3.05) is 25.7 Å². The highest BCUT2D eigenvalue weighted by Crippen LogP contribution is 2.26. The molecule has 6 heteroatoms. The highest BCUT2D eigenvalue weighted by Gasteiger charge is 2.16. The zero-order chi connectivity index (χ0) is 19.4. The van der Waals surface area contributed by atoms with Crippen molar-refractivity contribution < 1.29 is 18.6 Å². The van der Waals surface area contributed by atoms with E-state index < -0.39 is 22.4 Å². The van der Waals surface area contributed by atoms with Gasteiger partial charge in [0, 0.05) is 23.3 Å². The van der Waals surface area contributed by atoms with Gasteiger partial charge in [-0.1, -0.05) is 37.2 Å². The highest BCUT2D eigenvalue weighted by atomic mass is 32.2.